The monoisotopic (exact) mass is 724 g/mol. The first-order valence-electron chi connectivity index (χ1n) is 18.9. The van der Waals surface area contributed by atoms with Gasteiger partial charge in [0.1, 0.15) is 17.1 Å². The molecule has 0 spiro atoms. The van der Waals surface area contributed by atoms with E-state index in [0.29, 0.717) is 11.4 Å². The number of para-hydroxylation sites is 2. The summed E-state index contributed by atoms with van der Waals surface area (Å²) in [6.07, 6.45) is 3.73. The molecule has 0 saturated heterocycles. The summed E-state index contributed by atoms with van der Waals surface area (Å²) in [5, 5.41) is 11.8. The summed E-state index contributed by atoms with van der Waals surface area (Å²) < 4.78 is 2.12. The van der Waals surface area contributed by atoms with Gasteiger partial charge in [0.15, 0.2) is 0 Å². The standard InChI is InChI=1S/C51H40N4O/c1-51(2,3)44-21-13-20-43(49(44)56)50-54-48-46(55(50)42-18-11-6-12-19-42)27-29-53-47(48)41-31-39(35-16-9-5-10-17-35)30-40(32-41)45-33-38(26-28-52-45)37-24-22-36(23-25-37)34-14-7-4-8-15-34/h4-33,56H,1-3H3. The van der Waals surface area contributed by atoms with Crippen molar-refractivity contribution in [2.24, 2.45) is 0 Å². The van der Waals surface area contributed by atoms with Crippen molar-refractivity contribution in [3.8, 4) is 78.7 Å². The summed E-state index contributed by atoms with van der Waals surface area (Å²) in [5.74, 6) is 0.882. The fourth-order valence-electron chi connectivity index (χ4n) is 7.53. The number of imidazole rings is 1. The molecule has 0 radical (unpaired) electrons. The Kier molecular flexibility index (Phi) is 8.83. The Morgan fingerprint density at radius 1 is 0.482 bits per heavy atom. The van der Waals surface area contributed by atoms with Gasteiger partial charge in [-0.25, -0.2) is 4.98 Å². The van der Waals surface area contributed by atoms with Gasteiger partial charge in [-0.05, 0) is 99.0 Å². The number of benzene rings is 6. The van der Waals surface area contributed by atoms with Gasteiger partial charge in [-0.1, -0.05) is 136 Å². The molecule has 0 aliphatic carbocycles. The quantitative estimate of drug-likeness (QED) is 0.178. The maximum Gasteiger partial charge on any atom is 0.149 e. The molecule has 5 nitrogen and oxygen atoms in total. The van der Waals surface area contributed by atoms with Crippen LogP contribution in [-0.2, 0) is 5.41 Å². The number of rotatable bonds is 7. The van der Waals surface area contributed by atoms with Crippen molar-refractivity contribution in [2.75, 3.05) is 0 Å². The minimum Gasteiger partial charge on any atom is -0.507 e. The van der Waals surface area contributed by atoms with Gasteiger partial charge >= 0.3 is 0 Å². The van der Waals surface area contributed by atoms with Crippen LogP contribution in [0.4, 0.5) is 0 Å². The predicted octanol–water partition coefficient (Wildman–Crippen LogP) is 12.8. The van der Waals surface area contributed by atoms with Crippen LogP contribution in [0.25, 0.3) is 84.0 Å². The van der Waals surface area contributed by atoms with E-state index >= 15 is 0 Å². The van der Waals surface area contributed by atoms with Crippen molar-refractivity contribution >= 4 is 11.0 Å². The summed E-state index contributed by atoms with van der Waals surface area (Å²) in [6.45, 7) is 6.33. The highest BCUT2D eigenvalue weighted by molar-refractivity contribution is 5.96. The molecule has 9 rings (SSSR count). The Morgan fingerprint density at radius 2 is 1.05 bits per heavy atom. The molecule has 0 aliphatic heterocycles. The highest BCUT2D eigenvalue weighted by atomic mass is 16.3. The lowest BCUT2D eigenvalue weighted by atomic mass is 9.85. The molecular formula is C51H40N4O. The third kappa shape index (κ3) is 6.54. The van der Waals surface area contributed by atoms with Crippen LogP contribution in [0.2, 0.25) is 0 Å². The molecule has 3 heterocycles. The zero-order valence-corrected chi connectivity index (χ0v) is 31.6. The SMILES string of the molecule is CC(C)(C)c1cccc(-c2nc3c(-c4cc(-c5ccccc5)cc(-c5cc(-c6ccc(-c7ccccc7)cc6)ccn5)c4)nccc3n2-c2ccccc2)c1O. The zero-order valence-electron chi connectivity index (χ0n) is 31.6. The van der Waals surface area contributed by atoms with Crippen LogP contribution in [0.15, 0.2) is 182 Å². The summed E-state index contributed by atoms with van der Waals surface area (Å²) in [6, 6.07) is 58.4. The van der Waals surface area contributed by atoms with E-state index < -0.39 is 0 Å². The minimum absolute atomic E-state index is 0.232. The first kappa shape index (κ1) is 34.6. The van der Waals surface area contributed by atoms with Crippen LogP contribution in [-0.4, -0.2) is 24.6 Å². The van der Waals surface area contributed by atoms with Crippen LogP contribution in [0, 0.1) is 0 Å². The molecule has 9 aromatic rings. The molecule has 5 heteroatoms. The van der Waals surface area contributed by atoms with E-state index in [4.69, 9.17) is 15.0 Å². The number of aromatic nitrogens is 4. The average Bonchev–Trinajstić information content (AvgIpc) is 3.64. The first-order valence-corrected chi connectivity index (χ1v) is 18.9. The highest BCUT2D eigenvalue weighted by Gasteiger charge is 2.25. The lowest BCUT2D eigenvalue weighted by molar-refractivity contribution is 0.448. The number of aromatic hydroxyl groups is 1. The van der Waals surface area contributed by atoms with E-state index in [1.165, 1.54) is 11.1 Å². The summed E-state index contributed by atoms with van der Waals surface area (Å²) in [5.41, 5.74) is 14.1. The number of phenolic OH excluding ortho intramolecular Hbond substituents is 1. The predicted molar refractivity (Wildman–Crippen MR) is 230 cm³/mol. The van der Waals surface area contributed by atoms with E-state index in [1.54, 1.807) is 0 Å². The van der Waals surface area contributed by atoms with E-state index in [-0.39, 0.29) is 11.2 Å². The van der Waals surface area contributed by atoms with Crippen molar-refractivity contribution in [3.63, 3.8) is 0 Å². The van der Waals surface area contributed by atoms with Gasteiger partial charge in [-0.3, -0.25) is 14.5 Å². The second-order valence-corrected chi connectivity index (χ2v) is 15.1. The topological polar surface area (TPSA) is 63.8 Å². The second kappa shape index (κ2) is 14.3. The normalized spacial score (nSPS) is 11.6. The number of nitrogens with zero attached hydrogens (tertiary/aromatic N) is 4. The first-order chi connectivity index (χ1) is 27.3. The molecule has 56 heavy (non-hydrogen) atoms. The number of hydrogen-bond acceptors (Lipinski definition) is 4. The van der Waals surface area contributed by atoms with Crippen LogP contribution < -0.4 is 0 Å². The molecule has 0 saturated carbocycles. The Balaban J connectivity index is 1.22. The van der Waals surface area contributed by atoms with Gasteiger partial charge in [-0.2, -0.15) is 0 Å². The maximum absolute atomic E-state index is 11.8. The molecule has 0 aliphatic rings. The summed E-state index contributed by atoms with van der Waals surface area (Å²) >= 11 is 0. The van der Waals surface area contributed by atoms with Gasteiger partial charge in [0.25, 0.3) is 0 Å². The Morgan fingerprint density at radius 3 is 1.73 bits per heavy atom. The molecule has 270 valence electrons. The van der Waals surface area contributed by atoms with Gasteiger partial charge in [0, 0.05) is 29.2 Å². The van der Waals surface area contributed by atoms with Gasteiger partial charge in [-0.15, -0.1) is 0 Å². The highest BCUT2D eigenvalue weighted by Crippen LogP contribution is 2.42. The lowest BCUT2D eigenvalue weighted by Crippen LogP contribution is -2.11. The van der Waals surface area contributed by atoms with Crippen LogP contribution >= 0.6 is 0 Å². The maximum atomic E-state index is 11.8. The van der Waals surface area contributed by atoms with E-state index in [2.05, 4.69) is 141 Å². The molecular weight excluding hydrogens is 685 g/mol. The fourth-order valence-corrected chi connectivity index (χ4v) is 7.53. The lowest BCUT2D eigenvalue weighted by Gasteiger charge is -2.22. The van der Waals surface area contributed by atoms with E-state index in [0.717, 1.165) is 67.1 Å². The minimum atomic E-state index is -0.262. The van der Waals surface area contributed by atoms with Gasteiger partial charge in [0.2, 0.25) is 0 Å². The summed E-state index contributed by atoms with van der Waals surface area (Å²) in [7, 11) is 0. The van der Waals surface area contributed by atoms with E-state index in [9.17, 15) is 5.11 Å². The van der Waals surface area contributed by atoms with Crippen molar-refractivity contribution in [1.29, 1.82) is 0 Å². The smallest absolute Gasteiger partial charge is 0.149 e. The molecule has 1 N–H and O–H groups in total. The van der Waals surface area contributed by atoms with Gasteiger partial charge < -0.3 is 5.11 Å². The van der Waals surface area contributed by atoms with Crippen molar-refractivity contribution in [2.45, 2.75) is 26.2 Å². The van der Waals surface area contributed by atoms with Crippen molar-refractivity contribution < 1.29 is 5.11 Å². The number of pyridine rings is 2. The molecule has 0 atom stereocenters. The number of hydrogen-bond donors (Lipinski definition) is 1. The van der Waals surface area contributed by atoms with E-state index in [1.807, 2.05) is 67.0 Å². The molecule has 0 fully saturated rings. The fraction of sp³-hybridized carbons (Fsp3) is 0.0784. The molecule has 0 unspecified atom stereocenters. The average molecular weight is 725 g/mol. The largest absolute Gasteiger partial charge is 0.507 e. The Bertz CT molecular complexity index is 2820. The van der Waals surface area contributed by atoms with Crippen LogP contribution in [0.1, 0.15) is 26.3 Å². The van der Waals surface area contributed by atoms with Gasteiger partial charge in [0.05, 0.1) is 22.5 Å². The number of phenols is 1. The van der Waals surface area contributed by atoms with Crippen LogP contribution in [0.3, 0.4) is 0 Å². The third-order valence-corrected chi connectivity index (χ3v) is 10.4. The Labute approximate surface area is 327 Å². The Hall–Kier alpha value is -7.11. The molecule has 6 aromatic carbocycles. The molecule has 0 bridgehead atoms. The third-order valence-electron chi connectivity index (χ3n) is 10.4. The second-order valence-electron chi connectivity index (χ2n) is 15.1. The number of fused-ring (bicyclic) bond motifs is 1. The van der Waals surface area contributed by atoms with Crippen LogP contribution in [0.5, 0.6) is 5.75 Å². The zero-order chi connectivity index (χ0) is 38.2. The molecule has 3 aromatic heterocycles. The van der Waals surface area contributed by atoms with Crippen molar-refractivity contribution in [1.82, 2.24) is 19.5 Å². The van der Waals surface area contributed by atoms with Crippen molar-refractivity contribution in [3.05, 3.63) is 188 Å². The summed E-state index contributed by atoms with van der Waals surface area (Å²) in [4.78, 5) is 15.2. The molecule has 0 amide bonds.